The minimum Gasteiger partial charge on any atom is -0.357 e. The van der Waals surface area contributed by atoms with Crippen LogP contribution in [0, 0.1) is 5.92 Å². The Morgan fingerprint density at radius 1 is 1.35 bits per heavy atom. The first kappa shape index (κ1) is 16.2. The molecule has 5 heteroatoms. The van der Waals surface area contributed by atoms with Gasteiger partial charge in [0.05, 0.1) is 5.54 Å². The van der Waals surface area contributed by atoms with Crippen molar-refractivity contribution in [1.82, 2.24) is 10.3 Å². The summed E-state index contributed by atoms with van der Waals surface area (Å²) >= 11 is 0. The van der Waals surface area contributed by atoms with Gasteiger partial charge in [0, 0.05) is 25.8 Å². The average molecular weight is 316 g/mol. The summed E-state index contributed by atoms with van der Waals surface area (Å²) in [7, 11) is 0. The summed E-state index contributed by atoms with van der Waals surface area (Å²) in [5.74, 6) is 1.84. The third-order valence-corrected chi connectivity index (χ3v) is 5.32. The summed E-state index contributed by atoms with van der Waals surface area (Å²) < 4.78 is 0. The molecule has 1 amide bonds. The maximum absolute atomic E-state index is 12.2. The van der Waals surface area contributed by atoms with Crippen molar-refractivity contribution in [3.8, 4) is 0 Å². The smallest absolute Gasteiger partial charge is 0.240 e. The van der Waals surface area contributed by atoms with Gasteiger partial charge in [-0.25, -0.2) is 4.98 Å². The van der Waals surface area contributed by atoms with Gasteiger partial charge >= 0.3 is 0 Å². The number of carbonyl (C=O) groups is 1. The summed E-state index contributed by atoms with van der Waals surface area (Å²) in [6, 6.07) is 4.11. The molecule has 2 aliphatic rings. The molecular formula is C18H28N4O. The molecule has 2 fully saturated rings. The molecule has 1 aliphatic heterocycles. The highest BCUT2D eigenvalue weighted by Crippen LogP contribution is 2.27. The first-order valence-electron chi connectivity index (χ1n) is 8.84. The van der Waals surface area contributed by atoms with Gasteiger partial charge in [0.15, 0.2) is 0 Å². The fourth-order valence-corrected chi connectivity index (χ4v) is 3.54. The summed E-state index contributed by atoms with van der Waals surface area (Å²) in [4.78, 5) is 19.1. The predicted octanol–water partition coefficient (Wildman–Crippen LogP) is 2.21. The number of aromatic nitrogens is 1. The van der Waals surface area contributed by atoms with Crippen LogP contribution in [-0.4, -0.2) is 29.5 Å². The number of pyridine rings is 1. The second-order valence-corrected chi connectivity index (χ2v) is 7.24. The molecule has 126 valence electrons. The Morgan fingerprint density at radius 3 is 2.65 bits per heavy atom. The zero-order valence-corrected chi connectivity index (χ0v) is 14.1. The maximum Gasteiger partial charge on any atom is 0.240 e. The van der Waals surface area contributed by atoms with E-state index < -0.39 is 5.54 Å². The monoisotopic (exact) mass is 316 g/mol. The lowest BCUT2D eigenvalue weighted by molar-refractivity contribution is -0.126. The summed E-state index contributed by atoms with van der Waals surface area (Å²) in [6.07, 6.45) is 8.03. The Kier molecular flexibility index (Phi) is 4.85. The average Bonchev–Trinajstić information content (AvgIpc) is 3.02. The quantitative estimate of drug-likeness (QED) is 0.893. The van der Waals surface area contributed by atoms with Crippen LogP contribution in [0.3, 0.4) is 0 Å². The highest BCUT2D eigenvalue weighted by molar-refractivity contribution is 5.86. The van der Waals surface area contributed by atoms with Crippen LogP contribution in [0.25, 0.3) is 0 Å². The van der Waals surface area contributed by atoms with Gasteiger partial charge in [0.25, 0.3) is 0 Å². The van der Waals surface area contributed by atoms with Crippen molar-refractivity contribution in [3.63, 3.8) is 0 Å². The molecule has 3 N–H and O–H groups in total. The number of amides is 1. The highest BCUT2D eigenvalue weighted by atomic mass is 16.2. The molecule has 0 radical (unpaired) electrons. The molecular weight excluding hydrogens is 288 g/mol. The van der Waals surface area contributed by atoms with Crippen molar-refractivity contribution in [2.75, 3.05) is 18.0 Å². The Balaban J connectivity index is 1.52. The fraction of sp³-hybridized carbons (Fsp3) is 0.667. The van der Waals surface area contributed by atoms with E-state index in [2.05, 4.69) is 34.3 Å². The molecule has 1 aromatic rings. The fourth-order valence-electron chi connectivity index (χ4n) is 3.54. The van der Waals surface area contributed by atoms with Gasteiger partial charge in [-0.3, -0.25) is 4.79 Å². The van der Waals surface area contributed by atoms with Crippen molar-refractivity contribution in [1.29, 1.82) is 0 Å². The Morgan fingerprint density at radius 2 is 2.04 bits per heavy atom. The number of piperidine rings is 1. The van der Waals surface area contributed by atoms with Crippen molar-refractivity contribution in [3.05, 3.63) is 23.9 Å². The van der Waals surface area contributed by atoms with E-state index in [-0.39, 0.29) is 5.91 Å². The molecule has 1 aromatic heterocycles. The number of nitrogens with zero attached hydrogens (tertiary/aromatic N) is 2. The van der Waals surface area contributed by atoms with Gasteiger partial charge in [-0.05, 0) is 43.2 Å². The standard InChI is InChI=1S/C18H28N4O/c1-14-6-10-22(11-7-14)16-5-4-15(12-20-16)13-21-17(23)18(19)8-2-3-9-18/h4-5,12,14H,2-3,6-11,13,19H2,1H3,(H,21,23). The van der Waals surface area contributed by atoms with E-state index in [1.807, 2.05) is 6.20 Å². The Labute approximate surface area is 138 Å². The molecule has 3 rings (SSSR count). The second-order valence-electron chi connectivity index (χ2n) is 7.24. The molecule has 0 atom stereocenters. The number of nitrogens with two attached hydrogens (primary N) is 1. The zero-order chi connectivity index (χ0) is 16.3. The Bertz CT molecular complexity index is 528. The second kappa shape index (κ2) is 6.87. The van der Waals surface area contributed by atoms with E-state index in [0.29, 0.717) is 6.54 Å². The van der Waals surface area contributed by atoms with Crippen LogP contribution < -0.4 is 16.0 Å². The molecule has 5 nitrogen and oxygen atoms in total. The molecule has 0 spiro atoms. The molecule has 1 saturated carbocycles. The minimum atomic E-state index is -0.655. The molecule has 0 aromatic carbocycles. The van der Waals surface area contributed by atoms with Crippen molar-refractivity contribution >= 4 is 11.7 Å². The molecule has 1 aliphatic carbocycles. The number of carbonyl (C=O) groups excluding carboxylic acids is 1. The van der Waals surface area contributed by atoms with Gasteiger partial charge in [0.1, 0.15) is 5.82 Å². The largest absolute Gasteiger partial charge is 0.357 e. The third-order valence-electron chi connectivity index (χ3n) is 5.32. The lowest BCUT2D eigenvalue weighted by Gasteiger charge is -2.31. The lowest BCUT2D eigenvalue weighted by Crippen LogP contribution is -2.51. The summed E-state index contributed by atoms with van der Waals surface area (Å²) in [5.41, 5.74) is 6.53. The van der Waals surface area contributed by atoms with Gasteiger partial charge < -0.3 is 16.0 Å². The first-order valence-corrected chi connectivity index (χ1v) is 8.84. The lowest BCUT2D eigenvalue weighted by atomic mass is 9.98. The van der Waals surface area contributed by atoms with Crippen LogP contribution >= 0.6 is 0 Å². The number of anilines is 1. The maximum atomic E-state index is 12.2. The van der Waals surface area contributed by atoms with Crippen LogP contribution in [0.1, 0.15) is 51.0 Å². The van der Waals surface area contributed by atoms with Gasteiger partial charge in [0.2, 0.25) is 5.91 Å². The number of hydrogen-bond acceptors (Lipinski definition) is 4. The molecule has 2 heterocycles. The van der Waals surface area contributed by atoms with Gasteiger partial charge in [-0.15, -0.1) is 0 Å². The van der Waals surface area contributed by atoms with E-state index in [9.17, 15) is 4.79 Å². The van der Waals surface area contributed by atoms with E-state index in [4.69, 9.17) is 5.73 Å². The normalized spacial score (nSPS) is 21.4. The number of hydrogen-bond donors (Lipinski definition) is 2. The topological polar surface area (TPSA) is 71.2 Å². The van der Waals surface area contributed by atoms with Gasteiger partial charge in [-0.1, -0.05) is 25.8 Å². The van der Waals surface area contributed by atoms with Crippen molar-refractivity contribution in [2.45, 2.75) is 57.5 Å². The van der Waals surface area contributed by atoms with E-state index in [1.165, 1.54) is 12.8 Å². The van der Waals surface area contributed by atoms with Crippen molar-refractivity contribution in [2.24, 2.45) is 11.7 Å². The first-order chi connectivity index (χ1) is 11.1. The third kappa shape index (κ3) is 3.83. The number of rotatable bonds is 4. The Hall–Kier alpha value is -1.62. The predicted molar refractivity (Wildman–Crippen MR) is 92.1 cm³/mol. The van der Waals surface area contributed by atoms with Crippen LogP contribution in [-0.2, 0) is 11.3 Å². The van der Waals surface area contributed by atoms with E-state index in [1.54, 1.807) is 0 Å². The van der Waals surface area contributed by atoms with Crippen LogP contribution in [0.2, 0.25) is 0 Å². The van der Waals surface area contributed by atoms with E-state index >= 15 is 0 Å². The van der Waals surface area contributed by atoms with Crippen molar-refractivity contribution < 1.29 is 4.79 Å². The highest BCUT2D eigenvalue weighted by Gasteiger charge is 2.36. The van der Waals surface area contributed by atoms with Crippen LogP contribution in [0.4, 0.5) is 5.82 Å². The summed E-state index contributed by atoms with van der Waals surface area (Å²) in [6.45, 7) is 4.98. The molecule has 23 heavy (non-hydrogen) atoms. The SMILES string of the molecule is CC1CCN(c2ccc(CNC(=O)C3(N)CCCC3)cn2)CC1. The minimum absolute atomic E-state index is 0.0240. The zero-order valence-electron chi connectivity index (χ0n) is 14.1. The van der Waals surface area contributed by atoms with Crippen LogP contribution in [0.15, 0.2) is 18.3 Å². The number of nitrogens with one attached hydrogen (secondary N) is 1. The molecule has 0 bridgehead atoms. The molecule has 1 saturated heterocycles. The molecule has 0 unspecified atom stereocenters. The van der Waals surface area contributed by atoms with E-state index in [0.717, 1.165) is 56.1 Å². The van der Waals surface area contributed by atoms with Crippen LogP contribution in [0.5, 0.6) is 0 Å². The van der Waals surface area contributed by atoms with Gasteiger partial charge in [-0.2, -0.15) is 0 Å². The summed E-state index contributed by atoms with van der Waals surface area (Å²) in [5, 5.41) is 2.97.